The first-order valence-electron chi connectivity index (χ1n) is 8.92. The smallest absolute Gasteiger partial charge is 0.277 e. The molecule has 0 saturated carbocycles. The van der Waals surface area contributed by atoms with Crippen molar-refractivity contribution >= 4 is 23.2 Å². The molecule has 2 aromatic rings. The Hall–Kier alpha value is -1.70. The minimum Gasteiger partial charge on any atom is -0.383 e. The fourth-order valence-corrected chi connectivity index (χ4v) is 4.26. The number of methoxy groups -OCH3 is 1. The van der Waals surface area contributed by atoms with Crippen LogP contribution in [0.1, 0.15) is 23.3 Å². The van der Waals surface area contributed by atoms with Crippen LogP contribution in [0.3, 0.4) is 0 Å². The van der Waals surface area contributed by atoms with E-state index in [1.165, 1.54) is 10.6 Å². The third kappa shape index (κ3) is 3.19. The predicted molar refractivity (Wildman–Crippen MR) is 96.0 cm³/mol. The van der Waals surface area contributed by atoms with Crippen molar-refractivity contribution in [3.63, 3.8) is 0 Å². The maximum atomic E-state index is 14.7. The number of carbonyl (C=O) groups is 1. The van der Waals surface area contributed by atoms with Crippen LogP contribution in [0.15, 0.2) is 18.3 Å². The zero-order valence-corrected chi connectivity index (χ0v) is 15.5. The van der Waals surface area contributed by atoms with Gasteiger partial charge in [-0.1, -0.05) is 11.6 Å². The van der Waals surface area contributed by atoms with Gasteiger partial charge in [-0.2, -0.15) is 4.39 Å². The van der Waals surface area contributed by atoms with Gasteiger partial charge >= 0.3 is 0 Å². The molecule has 8 heteroatoms. The monoisotopic (exact) mass is 380 g/mol. The van der Waals surface area contributed by atoms with Crippen LogP contribution in [0, 0.1) is 11.9 Å². The molecule has 26 heavy (non-hydrogen) atoms. The van der Waals surface area contributed by atoms with Crippen LogP contribution in [0.2, 0.25) is 5.02 Å². The standard InChI is InChI=1S/C18H22ClFN4O2/c1-26-7-6-22-8-12-2-4-14(22)11-23(9-12)18(25)16-17(20)24-10-13(19)3-5-15(24)21-16/h3,5,10,12,14H,2,4,6-9,11H2,1H3/t12-,14-/m1/s1. The van der Waals surface area contributed by atoms with Gasteiger partial charge in [0.15, 0.2) is 5.69 Å². The van der Waals surface area contributed by atoms with Gasteiger partial charge in [-0.15, -0.1) is 0 Å². The van der Waals surface area contributed by atoms with Gasteiger partial charge in [-0.25, -0.2) is 4.98 Å². The fraction of sp³-hybridized carbons (Fsp3) is 0.556. The maximum Gasteiger partial charge on any atom is 0.277 e. The van der Waals surface area contributed by atoms with Crippen molar-refractivity contribution in [3.8, 4) is 0 Å². The van der Waals surface area contributed by atoms with Crippen LogP contribution in [0.5, 0.6) is 0 Å². The molecule has 0 unspecified atom stereocenters. The van der Waals surface area contributed by atoms with E-state index in [1.54, 1.807) is 24.1 Å². The SMILES string of the molecule is COCCN1C[C@H]2CC[C@@H]1CN(C(=O)c1nc3ccc(Cl)cn3c1F)C2. The number of halogens is 2. The minimum atomic E-state index is -0.652. The van der Waals surface area contributed by atoms with E-state index in [0.717, 1.165) is 25.9 Å². The second-order valence-electron chi connectivity index (χ2n) is 7.12. The van der Waals surface area contributed by atoms with Gasteiger partial charge in [0.1, 0.15) is 5.65 Å². The average Bonchev–Trinajstić information content (AvgIpc) is 2.80. The van der Waals surface area contributed by atoms with Crippen LogP contribution in [-0.2, 0) is 4.74 Å². The van der Waals surface area contributed by atoms with Crippen molar-refractivity contribution in [2.24, 2.45) is 5.92 Å². The summed E-state index contributed by atoms with van der Waals surface area (Å²) in [5, 5.41) is 0.398. The number of carbonyl (C=O) groups excluding carboxylic acids is 1. The summed E-state index contributed by atoms with van der Waals surface area (Å²) in [5.74, 6) is -0.586. The van der Waals surface area contributed by atoms with Crippen LogP contribution < -0.4 is 0 Å². The normalized spacial score (nSPS) is 23.6. The summed E-state index contributed by atoms with van der Waals surface area (Å²) in [4.78, 5) is 21.4. The summed E-state index contributed by atoms with van der Waals surface area (Å²) in [6.45, 7) is 3.75. The summed E-state index contributed by atoms with van der Waals surface area (Å²) >= 11 is 5.93. The lowest BCUT2D eigenvalue weighted by atomic mass is 9.95. The van der Waals surface area contributed by atoms with Crippen molar-refractivity contribution in [2.75, 3.05) is 39.9 Å². The van der Waals surface area contributed by atoms with Gasteiger partial charge in [0.05, 0.1) is 11.6 Å². The summed E-state index contributed by atoms with van der Waals surface area (Å²) in [5.41, 5.74) is 0.256. The molecular formula is C18H22ClFN4O2. The molecule has 6 nitrogen and oxygen atoms in total. The Balaban J connectivity index is 1.58. The number of nitrogens with zero attached hydrogens (tertiary/aromatic N) is 4. The number of imidazole rings is 1. The molecule has 3 aliphatic heterocycles. The number of amides is 1. The summed E-state index contributed by atoms with van der Waals surface area (Å²) in [7, 11) is 1.70. The van der Waals surface area contributed by atoms with Crippen LogP contribution in [0.25, 0.3) is 5.65 Å². The third-order valence-electron chi connectivity index (χ3n) is 5.42. The molecule has 2 bridgehead atoms. The Morgan fingerprint density at radius 2 is 2.19 bits per heavy atom. The largest absolute Gasteiger partial charge is 0.383 e. The van der Waals surface area contributed by atoms with Crippen molar-refractivity contribution < 1.29 is 13.9 Å². The Labute approximate surface area is 156 Å². The number of pyridine rings is 1. The second-order valence-corrected chi connectivity index (χ2v) is 7.56. The zero-order chi connectivity index (χ0) is 18.3. The Morgan fingerprint density at radius 1 is 1.35 bits per heavy atom. The lowest BCUT2D eigenvalue weighted by Crippen LogP contribution is -2.45. The van der Waals surface area contributed by atoms with Crippen LogP contribution in [0.4, 0.5) is 4.39 Å². The van der Waals surface area contributed by atoms with Crippen LogP contribution >= 0.6 is 11.6 Å². The summed E-state index contributed by atoms with van der Waals surface area (Å²) in [6.07, 6.45) is 3.59. The van der Waals surface area contributed by atoms with Gasteiger partial charge in [0.25, 0.3) is 5.91 Å². The number of hydrogen-bond acceptors (Lipinski definition) is 4. The number of ether oxygens (including phenoxy) is 1. The molecule has 140 valence electrons. The molecular weight excluding hydrogens is 359 g/mol. The van der Waals surface area contributed by atoms with E-state index in [4.69, 9.17) is 16.3 Å². The van der Waals surface area contributed by atoms with Gasteiger partial charge in [0.2, 0.25) is 5.95 Å². The molecule has 1 amide bonds. The van der Waals surface area contributed by atoms with E-state index < -0.39 is 5.95 Å². The molecule has 2 atom stereocenters. The molecule has 3 aliphatic rings. The molecule has 5 heterocycles. The Bertz CT molecular complexity index is 827. The first-order valence-corrected chi connectivity index (χ1v) is 9.30. The predicted octanol–water partition coefficient (Wildman–Crippen LogP) is 2.31. The van der Waals surface area contributed by atoms with Crippen molar-refractivity contribution in [1.82, 2.24) is 19.2 Å². The van der Waals surface area contributed by atoms with Crippen molar-refractivity contribution in [3.05, 3.63) is 35.0 Å². The minimum absolute atomic E-state index is 0.128. The molecule has 0 aliphatic carbocycles. The summed E-state index contributed by atoms with van der Waals surface area (Å²) < 4.78 is 21.2. The first-order chi connectivity index (χ1) is 12.6. The quantitative estimate of drug-likeness (QED) is 0.816. The Morgan fingerprint density at radius 3 is 3.00 bits per heavy atom. The van der Waals surface area contributed by atoms with E-state index in [-0.39, 0.29) is 11.6 Å². The van der Waals surface area contributed by atoms with E-state index in [1.807, 2.05) is 0 Å². The molecule has 0 N–H and O–H groups in total. The second kappa shape index (κ2) is 7.13. The number of hydrogen-bond donors (Lipinski definition) is 0. The van der Waals surface area contributed by atoms with E-state index in [0.29, 0.717) is 42.3 Å². The van der Waals surface area contributed by atoms with Gasteiger partial charge < -0.3 is 9.64 Å². The Kier molecular flexibility index (Phi) is 4.86. The third-order valence-corrected chi connectivity index (χ3v) is 5.65. The maximum absolute atomic E-state index is 14.7. The highest BCUT2D eigenvalue weighted by Crippen LogP contribution is 2.29. The van der Waals surface area contributed by atoms with Crippen LogP contribution in [-0.4, -0.2) is 71.0 Å². The van der Waals surface area contributed by atoms with Gasteiger partial charge in [-0.05, 0) is 30.9 Å². The molecule has 3 saturated heterocycles. The lowest BCUT2D eigenvalue weighted by Gasteiger charge is -2.35. The number of piperidine rings is 1. The highest BCUT2D eigenvalue weighted by molar-refractivity contribution is 6.30. The number of rotatable bonds is 4. The van der Waals surface area contributed by atoms with Gasteiger partial charge in [0, 0.05) is 45.5 Å². The van der Waals surface area contributed by atoms with Crippen molar-refractivity contribution in [1.29, 1.82) is 0 Å². The van der Waals surface area contributed by atoms with E-state index in [9.17, 15) is 9.18 Å². The van der Waals surface area contributed by atoms with E-state index in [2.05, 4.69) is 9.88 Å². The molecule has 0 radical (unpaired) electrons. The van der Waals surface area contributed by atoms with Crippen molar-refractivity contribution in [2.45, 2.75) is 18.9 Å². The molecule has 5 rings (SSSR count). The number of fused-ring (bicyclic) bond motifs is 5. The van der Waals surface area contributed by atoms with E-state index >= 15 is 0 Å². The lowest BCUT2D eigenvalue weighted by molar-refractivity contribution is 0.0708. The fourth-order valence-electron chi connectivity index (χ4n) is 4.10. The highest BCUT2D eigenvalue weighted by atomic mass is 35.5. The average molecular weight is 381 g/mol. The highest BCUT2D eigenvalue weighted by Gasteiger charge is 2.37. The molecule has 0 aromatic carbocycles. The van der Waals surface area contributed by atoms with Gasteiger partial charge in [-0.3, -0.25) is 14.1 Å². The molecule has 0 spiro atoms. The molecule has 2 aromatic heterocycles. The molecule has 3 fully saturated rings. The topological polar surface area (TPSA) is 50.1 Å². The summed E-state index contributed by atoms with van der Waals surface area (Å²) in [6, 6.07) is 3.54. The first kappa shape index (κ1) is 17.7. The number of aromatic nitrogens is 2. The zero-order valence-electron chi connectivity index (χ0n) is 14.7.